The van der Waals surface area contributed by atoms with Crippen LogP contribution in [-0.4, -0.2) is 29.2 Å². The molecule has 28 heavy (non-hydrogen) atoms. The van der Waals surface area contributed by atoms with Crippen molar-refractivity contribution in [2.75, 3.05) is 18.7 Å². The Morgan fingerprint density at radius 3 is 2.79 bits per heavy atom. The number of rotatable bonds is 7. The molecule has 7 heteroatoms. The topological polar surface area (TPSA) is 85.4 Å². The summed E-state index contributed by atoms with van der Waals surface area (Å²) in [5.74, 6) is 1.84. The van der Waals surface area contributed by atoms with Crippen molar-refractivity contribution in [3.63, 3.8) is 0 Å². The highest BCUT2D eigenvalue weighted by atomic mass is 16.7. The molecule has 7 nitrogen and oxygen atoms in total. The van der Waals surface area contributed by atoms with E-state index < -0.39 is 0 Å². The van der Waals surface area contributed by atoms with Gasteiger partial charge in [0.25, 0.3) is 5.91 Å². The van der Waals surface area contributed by atoms with E-state index in [0.29, 0.717) is 24.6 Å². The molecule has 2 heterocycles. The lowest BCUT2D eigenvalue weighted by atomic mass is 9.97. The Labute approximate surface area is 164 Å². The highest BCUT2D eigenvalue weighted by molar-refractivity contribution is 5.93. The molecule has 0 fully saturated rings. The molecule has 1 aromatic heterocycles. The SMILES string of the molecule is O=C(NCCC1=CCCCC1)c1cnc(NCc2ccc3c(c2)OCO3)nc1. The summed E-state index contributed by atoms with van der Waals surface area (Å²) in [4.78, 5) is 20.7. The van der Waals surface area contributed by atoms with E-state index in [1.807, 2.05) is 18.2 Å². The number of carbonyl (C=O) groups excluding carboxylic acids is 1. The van der Waals surface area contributed by atoms with Gasteiger partial charge >= 0.3 is 0 Å². The maximum Gasteiger partial charge on any atom is 0.254 e. The molecule has 146 valence electrons. The fraction of sp³-hybridized carbons (Fsp3) is 0.381. The van der Waals surface area contributed by atoms with E-state index in [9.17, 15) is 4.79 Å². The fourth-order valence-electron chi connectivity index (χ4n) is 3.34. The van der Waals surface area contributed by atoms with Crippen LogP contribution in [0.1, 0.15) is 48.0 Å². The van der Waals surface area contributed by atoms with E-state index in [1.165, 1.54) is 18.4 Å². The minimum Gasteiger partial charge on any atom is -0.454 e. The number of hydrogen-bond donors (Lipinski definition) is 2. The second-order valence-electron chi connectivity index (χ2n) is 6.95. The van der Waals surface area contributed by atoms with Crippen LogP contribution in [0.5, 0.6) is 11.5 Å². The average molecular weight is 380 g/mol. The molecule has 0 bridgehead atoms. The molecule has 0 spiro atoms. The van der Waals surface area contributed by atoms with Crippen LogP contribution >= 0.6 is 0 Å². The van der Waals surface area contributed by atoms with E-state index >= 15 is 0 Å². The molecule has 0 saturated heterocycles. The predicted octanol–water partition coefficient (Wildman–Crippen LogP) is 3.44. The van der Waals surface area contributed by atoms with Crippen LogP contribution in [0.25, 0.3) is 0 Å². The van der Waals surface area contributed by atoms with Crippen molar-refractivity contribution in [2.24, 2.45) is 0 Å². The van der Waals surface area contributed by atoms with E-state index in [2.05, 4.69) is 26.7 Å². The number of fused-ring (bicyclic) bond motifs is 1. The lowest BCUT2D eigenvalue weighted by Crippen LogP contribution is -2.25. The normalized spacial score (nSPS) is 15.1. The lowest BCUT2D eigenvalue weighted by Gasteiger charge is -2.13. The van der Waals surface area contributed by atoms with Gasteiger partial charge in [-0.2, -0.15) is 0 Å². The fourth-order valence-corrected chi connectivity index (χ4v) is 3.34. The van der Waals surface area contributed by atoms with Crippen molar-refractivity contribution in [1.29, 1.82) is 0 Å². The van der Waals surface area contributed by atoms with Gasteiger partial charge in [0.2, 0.25) is 12.7 Å². The zero-order valence-electron chi connectivity index (χ0n) is 15.7. The molecule has 0 radical (unpaired) electrons. The first kappa shape index (κ1) is 18.3. The first-order valence-corrected chi connectivity index (χ1v) is 9.68. The van der Waals surface area contributed by atoms with Crippen LogP contribution in [0.2, 0.25) is 0 Å². The number of anilines is 1. The number of allylic oxidation sites excluding steroid dienone is 1. The molecule has 1 aromatic carbocycles. The monoisotopic (exact) mass is 380 g/mol. The highest BCUT2D eigenvalue weighted by Gasteiger charge is 2.13. The third kappa shape index (κ3) is 4.60. The molecule has 0 unspecified atom stereocenters. The number of benzene rings is 1. The van der Waals surface area contributed by atoms with Crippen LogP contribution in [0.3, 0.4) is 0 Å². The summed E-state index contributed by atoms with van der Waals surface area (Å²) < 4.78 is 10.7. The average Bonchev–Trinajstić information content (AvgIpc) is 3.21. The summed E-state index contributed by atoms with van der Waals surface area (Å²) in [6, 6.07) is 5.78. The maximum absolute atomic E-state index is 12.2. The molecule has 2 aromatic rings. The number of hydrogen-bond acceptors (Lipinski definition) is 6. The predicted molar refractivity (Wildman–Crippen MR) is 105 cm³/mol. The number of amides is 1. The Hall–Kier alpha value is -3.09. The van der Waals surface area contributed by atoms with Gasteiger partial charge in [0.05, 0.1) is 5.56 Å². The Morgan fingerprint density at radius 2 is 1.96 bits per heavy atom. The Kier molecular flexibility index (Phi) is 5.70. The third-order valence-electron chi connectivity index (χ3n) is 4.92. The zero-order valence-corrected chi connectivity index (χ0v) is 15.7. The van der Waals surface area contributed by atoms with Gasteiger partial charge in [-0.05, 0) is 49.8 Å². The molecule has 0 atom stereocenters. The van der Waals surface area contributed by atoms with Crippen LogP contribution in [0.15, 0.2) is 42.2 Å². The standard InChI is InChI=1S/C21H24N4O3/c26-20(22-9-8-15-4-2-1-3-5-15)17-12-24-21(25-13-17)23-11-16-6-7-18-19(10-16)28-14-27-18/h4,6-7,10,12-13H,1-3,5,8-9,11,14H2,(H,22,26)(H,23,24,25). The van der Waals surface area contributed by atoms with Gasteiger partial charge in [0, 0.05) is 25.5 Å². The van der Waals surface area contributed by atoms with Gasteiger partial charge in [-0.3, -0.25) is 4.79 Å². The van der Waals surface area contributed by atoms with Crippen LogP contribution in [0.4, 0.5) is 5.95 Å². The second kappa shape index (κ2) is 8.73. The molecule has 2 aliphatic rings. The third-order valence-corrected chi connectivity index (χ3v) is 4.92. The number of ether oxygens (including phenoxy) is 2. The van der Waals surface area contributed by atoms with E-state index in [4.69, 9.17) is 9.47 Å². The minimum atomic E-state index is -0.140. The number of nitrogens with zero attached hydrogens (tertiary/aromatic N) is 2. The maximum atomic E-state index is 12.2. The van der Waals surface area contributed by atoms with Crippen molar-refractivity contribution < 1.29 is 14.3 Å². The molecule has 4 rings (SSSR count). The molecule has 1 amide bonds. The van der Waals surface area contributed by atoms with Gasteiger partial charge in [0.15, 0.2) is 11.5 Å². The Morgan fingerprint density at radius 1 is 1.11 bits per heavy atom. The molecular formula is C21H24N4O3. The lowest BCUT2D eigenvalue weighted by molar-refractivity contribution is 0.0953. The summed E-state index contributed by atoms with van der Waals surface area (Å²) in [6.07, 6.45) is 11.2. The van der Waals surface area contributed by atoms with Gasteiger partial charge in [-0.15, -0.1) is 0 Å². The van der Waals surface area contributed by atoms with Crippen molar-refractivity contribution in [1.82, 2.24) is 15.3 Å². The van der Waals surface area contributed by atoms with E-state index in [1.54, 1.807) is 12.4 Å². The summed E-state index contributed by atoms with van der Waals surface area (Å²) in [5.41, 5.74) is 2.95. The molecule has 0 saturated carbocycles. The molecular weight excluding hydrogens is 356 g/mol. The van der Waals surface area contributed by atoms with Crippen LogP contribution in [-0.2, 0) is 6.54 Å². The van der Waals surface area contributed by atoms with Crippen molar-refractivity contribution in [3.8, 4) is 11.5 Å². The van der Waals surface area contributed by atoms with Gasteiger partial charge in [-0.1, -0.05) is 17.7 Å². The first-order valence-electron chi connectivity index (χ1n) is 9.68. The minimum absolute atomic E-state index is 0.140. The van der Waals surface area contributed by atoms with E-state index in [-0.39, 0.29) is 12.7 Å². The van der Waals surface area contributed by atoms with Crippen LogP contribution < -0.4 is 20.1 Å². The van der Waals surface area contributed by atoms with Crippen molar-refractivity contribution >= 4 is 11.9 Å². The number of carbonyl (C=O) groups is 1. The van der Waals surface area contributed by atoms with E-state index in [0.717, 1.165) is 36.3 Å². The molecule has 1 aliphatic carbocycles. The van der Waals surface area contributed by atoms with Crippen molar-refractivity contribution in [3.05, 3.63) is 53.4 Å². The largest absolute Gasteiger partial charge is 0.454 e. The quantitative estimate of drug-likeness (QED) is 0.716. The molecule has 1 aliphatic heterocycles. The number of nitrogens with one attached hydrogen (secondary N) is 2. The Bertz CT molecular complexity index is 864. The first-order chi connectivity index (χ1) is 13.8. The van der Waals surface area contributed by atoms with Gasteiger partial charge < -0.3 is 20.1 Å². The summed E-state index contributed by atoms with van der Waals surface area (Å²) >= 11 is 0. The van der Waals surface area contributed by atoms with Crippen molar-refractivity contribution in [2.45, 2.75) is 38.6 Å². The highest BCUT2D eigenvalue weighted by Crippen LogP contribution is 2.32. The number of aromatic nitrogens is 2. The van der Waals surface area contributed by atoms with Gasteiger partial charge in [-0.25, -0.2) is 9.97 Å². The smallest absolute Gasteiger partial charge is 0.254 e. The Balaban J connectivity index is 1.25. The summed E-state index contributed by atoms with van der Waals surface area (Å²) in [6.45, 7) is 1.46. The summed E-state index contributed by atoms with van der Waals surface area (Å²) in [5, 5.41) is 6.09. The molecule has 2 N–H and O–H groups in total. The van der Waals surface area contributed by atoms with Crippen LogP contribution in [0, 0.1) is 0 Å². The summed E-state index contributed by atoms with van der Waals surface area (Å²) in [7, 11) is 0. The van der Waals surface area contributed by atoms with Gasteiger partial charge in [0.1, 0.15) is 0 Å². The second-order valence-corrected chi connectivity index (χ2v) is 6.95. The zero-order chi connectivity index (χ0) is 19.2.